The molecule has 0 aromatic carbocycles. The van der Waals surface area contributed by atoms with Crippen LogP contribution in [-0.2, 0) is 6.42 Å². The van der Waals surface area contributed by atoms with Crippen molar-refractivity contribution in [2.24, 2.45) is 0 Å². The Balaban J connectivity index is 2.49. The fourth-order valence-electron chi connectivity index (χ4n) is 1.24. The van der Waals surface area contributed by atoms with E-state index in [0.717, 1.165) is 12.2 Å². The largest absolute Gasteiger partial charge is 0.463 e. The SMILES string of the molecule is CC#CCCC(O)c1ccc(CC)o1. The van der Waals surface area contributed by atoms with Gasteiger partial charge in [0.05, 0.1) is 0 Å². The lowest BCUT2D eigenvalue weighted by molar-refractivity contribution is 0.140. The average Bonchev–Trinajstić information content (AvgIpc) is 2.66. The van der Waals surface area contributed by atoms with Crippen molar-refractivity contribution in [1.82, 2.24) is 0 Å². The van der Waals surface area contributed by atoms with Crippen molar-refractivity contribution in [3.05, 3.63) is 23.7 Å². The van der Waals surface area contributed by atoms with Gasteiger partial charge in [-0.25, -0.2) is 0 Å². The van der Waals surface area contributed by atoms with Gasteiger partial charge in [-0.15, -0.1) is 11.8 Å². The van der Waals surface area contributed by atoms with E-state index in [4.69, 9.17) is 4.42 Å². The Morgan fingerprint density at radius 2 is 2.29 bits per heavy atom. The molecule has 0 aliphatic carbocycles. The zero-order chi connectivity index (χ0) is 10.4. The highest BCUT2D eigenvalue weighted by atomic mass is 16.4. The lowest BCUT2D eigenvalue weighted by Gasteiger charge is -2.04. The summed E-state index contributed by atoms with van der Waals surface area (Å²) < 4.78 is 5.43. The summed E-state index contributed by atoms with van der Waals surface area (Å²) in [5.74, 6) is 7.29. The maximum absolute atomic E-state index is 9.69. The summed E-state index contributed by atoms with van der Waals surface area (Å²) in [5, 5.41) is 9.69. The van der Waals surface area contributed by atoms with Gasteiger partial charge >= 0.3 is 0 Å². The van der Waals surface area contributed by atoms with Crippen molar-refractivity contribution >= 4 is 0 Å². The van der Waals surface area contributed by atoms with Crippen LogP contribution in [0.25, 0.3) is 0 Å². The van der Waals surface area contributed by atoms with Crippen LogP contribution in [0.3, 0.4) is 0 Å². The van der Waals surface area contributed by atoms with Gasteiger partial charge in [-0.05, 0) is 25.5 Å². The fourth-order valence-corrected chi connectivity index (χ4v) is 1.24. The van der Waals surface area contributed by atoms with Crippen LogP contribution in [0.15, 0.2) is 16.5 Å². The van der Waals surface area contributed by atoms with Gasteiger partial charge in [0.1, 0.15) is 17.6 Å². The zero-order valence-corrected chi connectivity index (χ0v) is 8.71. The van der Waals surface area contributed by atoms with Crippen molar-refractivity contribution in [2.45, 2.75) is 39.2 Å². The summed E-state index contributed by atoms with van der Waals surface area (Å²) in [5.41, 5.74) is 0. The molecule has 14 heavy (non-hydrogen) atoms. The first-order valence-electron chi connectivity index (χ1n) is 4.94. The first kappa shape index (κ1) is 10.9. The van der Waals surface area contributed by atoms with Gasteiger partial charge in [0, 0.05) is 12.8 Å². The van der Waals surface area contributed by atoms with Gasteiger partial charge in [-0.1, -0.05) is 6.92 Å². The molecule has 0 saturated heterocycles. The average molecular weight is 192 g/mol. The molecule has 1 aromatic heterocycles. The fraction of sp³-hybridized carbons (Fsp3) is 0.500. The van der Waals surface area contributed by atoms with Crippen LogP contribution in [0.5, 0.6) is 0 Å². The molecule has 0 aliphatic heterocycles. The summed E-state index contributed by atoms with van der Waals surface area (Å²) in [6, 6.07) is 3.74. The van der Waals surface area contributed by atoms with Crippen LogP contribution in [0.4, 0.5) is 0 Å². The van der Waals surface area contributed by atoms with Crippen molar-refractivity contribution in [2.75, 3.05) is 0 Å². The summed E-state index contributed by atoms with van der Waals surface area (Å²) in [6.07, 6.45) is 1.69. The maximum atomic E-state index is 9.69. The highest BCUT2D eigenvalue weighted by Crippen LogP contribution is 2.20. The second-order valence-corrected chi connectivity index (χ2v) is 3.14. The minimum absolute atomic E-state index is 0.517. The third kappa shape index (κ3) is 2.93. The van der Waals surface area contributed by atoms with Gasteiger partial charge in [-0.2, -0.15) is 0 Å². The van der Waals surface area contributed by atoms with Crippen LogP contribution in [0, 0.1) is 11.8 Å². The summed E-state index contributed by atoms with van der Waals surface area (Å²) in [4.78, 5) is 0. The highest BCUT2D eigenvalue weighted by molar-refractivity contribution is 5.09. The van der Waals surface area contributed by atoms with Crippen molar-refractivity contribution < 1.29 is 9.52 Å². The molecule has 2 nitrogen and oxygen atoms in total. The van der Waals surface area contributed by atoms with E-state index in [9.17, 15) is 5.11 Å². The van der Waals surface area contributed by atoms with Crippen LogP contribution in [0.2, 0.25) is 0 Å². The lowest BCUT2D eigenvalue weighted by atomic mass is 10.1. The van der Waals surface area contributed by atoms with Crippen LogP contribution in [0.1, 0.15) is 44.3 Å². The van der Waals surface area contributed by atoms with E-state index >= 15 is 0 Å². The van der Waals surface area contributed by atoms with Gasteiger partial charge < -0.3 is 9.52 Å². The minimum atomic E-state index is -0.517. The molecule has 0 saturated carbocycles. The van der Waals surface area contributed by atoms with E-state index in [1.54, 1.807) is 6.92 Å². The van der Waals surface area contributed by atoms with Gasteiger partial charge in [0.15, 0.2) is 0 Å². The highest BCUT2D eigenvalue weighted by Gasteiger charge is 2.10. The van der Waals surface area contributed by atoms with Crippen molar-refractivity contribution in [1.29, 1.82) is 0 Å². The zero-order valence-electron chi connectivity index (χ0n) is 8.71. The Morgan fingerprint density at radius 3 is 2.86 bits per heavy atom. The van der Waals surface area contributed by atoms with Crippen LogP contribution < -0.4 is 0 Å². The molecule has 0 amide bonds. The molecular formula is C12H16O2. The van der Waals surface area contributed by atoms with E-state index in [1.165, 1.54) is 0 Å². The predicted molar refractivity (Wildman–Crippen MR) is 55.7 cm³/mol. The molecule has 0 bridgehead atoms. The van der Waals surface area contributed by atoms with Crippen molar-refractivity contribution in [3.63, 3.8) is 0 Å². The normalized spacial score (nSPS) is 11.9. The summed E-state index contributed by atoms with van der Waals surface area (Å²) in [7, 11) is 0. The van der Waals surface area contributed by atoms with E-state index in [1.807, 2.05) is 19.1 Å². The van der Waals surface area contributed by atoms with E-state index in [2.05, 4.69) is 11.8 Å². The molecule has 0 aliphatic rings. The molecule has 1 rings (SSSR count). The van der Waals surface area contributed by atoms with Gasteiger partial charge in [0.2, 0.25) is 0 Å². The molecule has 1 unspecified atom stereocenters. The molecule has 76 valence electrons. The Hall–Kier alpha value is -1.20. The smallest absolute Gasteiger partial charge is 0.132 e. The first-order chi connectivity index (χ1) is 6.77. The number of aliphatic hydroxyl groups excluding tert-OH is 1. The standard InChI is InChI=1S/C12H16O2/c1-3-5-6-7-11(13)12-9-8-10(4-2)14-12/h8-9,11,13H,4,6-7H2,1-2H3. The lowest BCUT2D eigenvalue weighted by Crippen LogP contribution is -1.94. The number of aliphatic hydroxyl groups is 1. The molecule has 0 spiro atoms. The molecule has 1 N–H and O–H groups in total. The molecule has 1 aromatic rings. The molecule has 2 heteroatoms. The quantitative estimate of drug-likeness (QED) is 0.744. The van der Waals surface area contributed by atoms with Gasteiger partial charge in [0.25, 0.3) is 0 Å². The summed E-state index contributed by atoms with van der Waals surface area (Å²) >= 11 is 0. The summed E-state index contributed by atoms with van der Waals surface area (Å²) in [6.45, 7) is 3.83. The Morgan fingerprint density at radius 1 is 1.50 bits per heavy atom. The van der Waals surface area contributed by atoms with Gasteiger partial charge in [-0.3, -0.25) is 0 Å². The minimum Gasteiger partial charge on any atom is -0.463 e. The van der Waals surface area contributed by atoms with E-state index in [-0.39, 0.29) is 0 Å². The third-order valence-electron chi connectivity index (χ3n) is 2.08. The maximum Gasteiger partial charge on any atom is 0.132 e. The number of aryl methyl sites for hydroxylation is 1. The number of hydrogen-bond acceptors (Lipinski definition) is 2. The first-order valence-corrected chi connectivity index (χ1v) is 4.94. The van der Waals surface area contributed by atoms with E-state index in [0.29, 0.717) is 18.6 Å². The Kier molecular flexibility index (Phi) is 4.28. The topological polar surface area (TPSA) is 33.4 Å². The molecule has 1 atom stereocenters. The molecule has 0 fully saturated rings. The third-order valence-corrected chi connectivity index (χ3v) is 2.08. The van der Waals surface area contributed by atoms with Crippen molar-refractivity contribution in [3.8, 4) is 11.8 Å². The van der Waals surface area contributed by atoms with Crippen LogP contribution >= 0.6 is 0 Å². The Bertz CT molecular complexity index is 328. The molecule has 1 heterocycles. The van der Waals surface area contributed by atoms with E-state index < -0.39 is 6.10 Å². The number of furan rings is 1. The monoisotopic (exact) mass is 192 g/mol. The number of rotatable bonds is 4. The predicted octanol–water partition coefficient (Wildman–Crippen LogP) is 2.68. The molecule has 0 radical (unpaired) electrons. The number of hydrogen-bond donors (Lipinski definition) is 1. The second kappa shape index (κ2) is 5.51. The van der Waals surface area contributed by atoms with Crippen LogP contribution in [-0.4, -0.2) is 5.11 Å². The Labute approximate surface area is 84.9 Å². The molecular weight excluding hydrogens is 176 g/mol. The second-order valence-electron chi connectivity index (χ2n) is 3.14.